The number of amidine groups is 1. The normalized spacial score (nSPS) is 13.1. The first-order chi connectivity index (χ1) is 19.1. The standard InChI is InChI=1S/C31H41N5O4/c1-7-13-36(14-8-2)30(39)26-15-24-11-9-23(22-10-12-25(19-37)27(16-22)32-21-38)17-28(24)33-29(18-26)34-40-31(3,4)20-35(5)6/h9-12,15-17,19,21H,7-8,13-14,18,20H2,1-6H3,(H,32,38)(H,33,34). The maximum absolute atomic E-state index is 13.6. The number of hydroxylamine groups is 1. The van der Waals surface area contributed by atoms with Gasteiger partial charge in [-0.2, -0.15) is 0 Å². The molecule has 0 unspecified atom stereocenters. The van der Waals surface area contributed by atoms with E-state index in [0.717, 1.165) is 29.5 Å². The third-order valence-electron chi connectivity index (χ3n) is 6.39. The maximum Gasteiger partial charge on any atom is 0.250 e. The molecule has 0 radical (unpaired) electrons. The Labute approximate surface area is 237 Å². The number of anilines is 1. The average molecular weight is 548 g/mol. The van der Waals surface area contributed by atoms with Crippen molar-refractivity contribution in [2.75, 3.05) is 39.0 Å². The Morgan fingerprint density at radius 3 is 2.35 bits per heavy atom. The van der Waals surface area contributed by atoms with Crippen molar-refractivity contribution in [1.29, 1.82) is 0 Å². The summed E-state index contributed by atoms with van der Waals surface area (Å²) < 4.78 is 0. The summed E-state index contributed by atoms with van der Waals surface area (Å²) in [5, 5.41) is 2.59. The van der Waals surface area contributed by atoms with Gasteiger partial charge < -0.3 is 15.1 Å². The van der Waals surface area contributed by atoms with E-state index in [1.807, 2.05) is 68.1 Å². The van der Waals surface area contributed by atoms with Crippen LogP contribution in [0.25, 0.3) is 17.2 Å². The molecule has 0 atom stereocenters. The summed E-state index contributed by atoms with van der Waals surface area (Å²) in [7, 11) is 3.97. The lowest BCUT2D eigenvalue weighted by molar-refractivity contribution is -0.127. The first-order valence-corrected chi connectivity index (χ1v) is 13.7. The van der Waals surface area contributed by atoms with Gasteiger partial charge in [0, 0.05) is 42.8 Å². The zero-order valence-corrected chi connectivity index (χ0v) is 24.4. The molecule has 2 N–H and O–H groups in total. The van der Waals surface area contributed by atoms with Crippen molar-refractivity contribution >= 4 is 41.9 Å². The summed E-state index contributed by atoms with van der Waals surface area (Å²) in [6.07, 6.45) is 5.22. The number of nitrogens with one attached hydrogen (secondary N) is 2. The van der Waals surface area contributed by atoms with E-state index in [9.17, 15) is 14.4 Å². The minimum Gasteiger partial charge on any atom is -0.339 e. The number of carbonyl (C=O) groups excluding carboxylic acids is 3. The van der Waals surface area contributed by atoms with Gasteiger partial charge in [0.15, 0.2) is 6.29 Å². The lowest BCUT2D eigenvalue weighted by Gasteiger charge is -2.29. The van der Waals surface area contributed by atoms with Crippen LogP contribution in [0.3, 0.4) is 0 Å². The molecule has 0 saturated carbocycles. The molecule has 0 bridgehead atoms. The highest BCUT2D eigenvalue weighted by Gasteiger charge is 2.25. The van der Waals surface area contributed by atoms with Crippen molar-refractivity contribution in [2.45, 2.75) is 52.6 Å². The van der Waals surface area contributed by atoms with Crippen LogP contribution in [-0.4, -0.2) is 73.6 Å². The van der Waals surface area contributed by atoms with E-state index < -0.39 is 5.60 Å². The lowest BCUT2D eigenvalue weighted by Crippen LogP contribution is -2.43. The van der Waals surface area contributed by atoms with Gasteiger partial charge in [-0.25, -0.2) is 4.99 Å². The van der Waals surface area contributed by atoms with Crippen LogP contribution >= 0.6 is 0 Å². The van der Waals surface area contributed by atoms with Crippen LogP contribution in [0.2, 0.25) is 0 Å². The van der Waals surface area contributed by atoms with Crippen LogP contribution in [0, 0.1) is 0 Å². The molecular weight excluding hydrogens is 506 g/mol. The van der Waals surface area contributed by atoms with E-state index in [0.29, 0.717) is 67.1 Å². The number of amides is 2. The fraction of sp³-hybridized carbons (Fsp3) is 0.419. The quantitative estimate of drug-likeness (QED) is 0.268. The van der Waals surface area contributed by atoms with Gasteiger partial charge in [-0.15, -0.1) is 0 Å². The predicted molar refractivity (Wildman–Crippen MR) is 161 cm³/mol. The molecule has 2 amide bonds. The smallest absolute Gasteiger partial charge is 0.250 e. The number of aldehydes is 1. The topological polar surface area (TPSA) is 103 Å². The van der Waals surface area contributed by atoms with E-state index in [4.69, 9.17) is 9.83 Å². The first kappa shape index (κ1) is 30.7. The lowest BCUT2D eigenvalue weighted by atomic mass is 9.99. The van der Waals surface area contributed by atoms with Gasteiger partial charge >= 0.3 is 0 Å². The molecule has 0 saturated heterocycles. The number of hydrogen-bond acceptors (Lipinski definition) is 7. The molecule has 0 aliphatic carbocycles. The number of likely N-dealkylation sites (N-methyl/N-ethyl adjacent to an activating group) is 1. The highest BCUT2D eigenvalue weighted by atomic mass is 16.7. The Kier molecular flexibility index (Phi) is 10.8. The fourth-order valence-corrected chi connectivity index (χ4v) is 4.82. The van der Waals surface area contributed by atoms with Gasteiger partial charge in [0.1, 0.15) is 11.4 Å². The van der Waals surface area contributed by atoms with Crippen molar-refractivity contribution < 1.29 is 19.2 Å². The minimum atomic E-state index is -0.504. The molecule has 2 aromatic rings. The molecule has 1 aliphatic rings. The number of aliphatic imine (C=N–C) groups is 1. The summed E-state index contributed by atoms with van der Waals surface area (Å²) in [4.78, 5) is 51.0. The van der Waals surface area contributed by atoms with Crippen LogP contribution in [0.4, 0.5) is 11.4 Å². The Morgan fingerprint density at radius 2 is 1.73 bits per heavy atom. The second kappa shape index (κ2) is 14.0. The third-order valence-corrected chi connectivity index (χ3v) is 6.39. The van der Waals surface area contributed by atoms with Gasteiger partial charge in [0.25, 0.3) is 0 Å². The Bertz CT molecular complexity index is 1280. The van der Waals surface area contributed by atoms with Crippen LogP contribution in [0.5, 0.6) is 0 Å². The molecule has 0 spiro atoms. The minimum absolute atomic E-state index is 0.00305. The number of benzene rings is 2. The van der Waals surface area contributed by atoms with Gasteiger partial charge in [0.05, 0.1) is 11.4 Å². The number of nitrogens with zero attached hydrogens (tertiary/aromatic N) is 3. The zero-order chi connectivity index (χ0) is 29.3. The second-order valence-corrected chi connectivity index (χ2v) is 10.9. The van der Waals surface area contributed by atoms with Crippen molar-refractivity contribution in [1.82, 2.24) is 15.3 Å². The summed E-state index contributed by atoms with van der Waals surface area (Å²) in [5.41, 5.74) is 7.18. The SMILES string of the molecule is CCCN(CCC)C(=O)C1=Cc2ccc(-c3ccc(C=O)c(NC=O)c3)cc2N=C(NOC(C)(C)CN(C)C)C1. The van der Waals surface area contributed by atoms with Crippen LogP contribution < -0.4 is 10.8 Å². The Morgan fingerprint density at radius 1 is 1.05 bits per heavy atom. The Hall–Kier alpha value is -3.82. The highest BCUT2D eigenvalue weighted by molar-refractivity contribution is 6.06. The molecule has 0 fully saturated rings. The van der Waals surface area contributed by atoms with Gasteiger partial charge in [-0.1, -0.05) is 32.0 Å². The average Bonchev–Trinajstić information content (AvgIpc) is 3.10. The number of hydrogen-bond donors (Lipinski definition) is 2. The van der Waals surface area contributed by atoms with E-state index in [2.05, 4.69) is 24.6 Å². The largest absolute Gasteiger partial charge is 0.339 e. The molecular formula is C31H41N5O4. The van der Waals surface area contributed by atoms with Crippen LogP contribution in [0.1, 0.15) is 62.9 Å². The van der Waals surface area contributed by atoms with Crippen molar-refractivity contribution in [3.05, 3.63) is 53.1 Å². The van der Waals surface area contributed by atoms with Crippen molar-refractivity contribution in [3.63, 3.8) is 0 Å². The summed E-state index contributed by atoms with van der Waals surface area (Å²) >= 11 is 0. The monoisotopic (exact) mass is 547 g/mol. The Balaban J connectivity index is 2.05. The maximum atomic E-state index is 13.6. The number of carbonyl (C=O) groups is 3. The number of fused-ring (bicyclic) bond motifs is 1. The molecule has 3 rings (SSSR count). The third kappa shape index (κ3) is 8.09. The van der Waals surface area contributed by atoms with Gasteiger partial charge in [0.2, 0.25) is 12.3 Å². The van der Waals surface area contributed by atoms with E-state index >= 15 is 0 Å². The molecule has 40 heavy (non-hydrogen) atoms. The summed E-state index contributed by atoms with van der Waals surface area (Å²) in [6, 6.07) is 11.1. The zero-order valence-electron chi connectivity index (χ0n) is 24.4. The molecule has 214 valence electrons. The number of rotatable bonds is 13. The summed E-state index contributed by atoms with van der Waals surface area (Å²) in [5.74, 6) is 0.534. The molecule has 1 aliphatic heterocycles. The van der Waals surface area contributed by atoms with E-state index in [1.54, 1.807) is 12.1 Å². The molecule has 0 aromatic heterocycles. The van der Waals surface area contributed by atoms with Crippen molar-refractivity contribution in [3.8, 4) is 11.1 Å². The van der Waals surface area contributed by atoms with E-state index in [1.165, 1.54) is 0 Å². The highest BCUT2D eigenvalue weighted by Crippen LogP contribution is 2.33. The van der Waals surface area contributed by atoms with Crippen LogP contribution in [-0.2, 0) is 14.4 Å². The van der Waals surface area contributed by atoms with Crippen LogP contribution in [0.15, 0.2) is 47.0 Å². The second-order valence-electron chi connectivity index (χ2n) is 10.9. The molecule has 1 heterocycles. The molecule has 9 nitrogen and oxygen atoms in total. The fourth-order valence-electron chi connectivity index (χ4n) is 4.82. The molecule has 2 aromatic carbocycles. The van der Waals surface area contributed by atoms with E-state index in [-0.39, 0.29) is 5.91 Å². The van der Waals surface area contributed by atoms with Crippen molar-refractivity contribution in [2.24, 2.45) is 4.99 Å². The van der Waals surface area contributed by atoms with Gasteiger partial charge in [-0.3, -0.25) is 24.7 Å². The predicted octanol–water partition coefficient (Wildman–Crippen LogP) is 5.06. The summed E-state index contributed by atoms with van der Waals surface area (Å²) in [6.45, 7) is 10.2. The first-order valence-electron chi connectivity index (χ1n) is 13.7. The molecule has 9 heteroatoms. The van der Waals surface area contributed by atoms with Gasteiger partial charge in [-0.05, 0) is 76.2 Å².